The molecule has 1 aliphatic heterocycles. The molecule has 1 aliphatic carbocycles. The molecule has 1 aromatic carbocycles. The van der Waals surface area contributed by atoms with Gasteiger partial charge in [0.1, 0.15) is 0 Å². The molecule has 1 saturated heterocycles. The number of hydrogen-bond donors (Lipinski definition) is 0. The molecule has 4 heteroatoms. The summed E-state index contributed by atoms with van der Waals surface area (Å²) in [5, 5.41) is 0. The summed E-state index contributed by atoms with van der Waals surface area (Å²) in [7, 11) is 0. The molecule has 4 nitrogen and oxygen atoms in total. The van der Waals surface area contributed by atoms with Gasteiger partial charge in [0.05, 0.1) is 17.5 Å². The Balaban J connectivity index is 1.56. The topological polar surface area (TPSA) is 50.3 Å². The van der Waals surface area contributed by atoms with Crippen LogP contribution in [0.5, 0.6) is 0 Å². The quantitative estimate of drug-likeness (QED) is 0.639. The van der Waals surface area contributed by atoms with Gasteiger partial charge >= 0.3 is 0 Å². The van der Waals surface area contributed by atoms with E-state index < -0.39 is 0 Å². The summed E-state index contributed by atoms with van der Waals surface area (Å²) in [5.74, 6) is -0.425. The first kappa shape index (κ1) is 15.8. The van der Waals surface area contributed by atoms with Crippen LogP contribution in [0.1, 0.15) is 24.5 Å². The van der Waals surface area contributed by atoms with Gasteiger partial charge in [-0.05, 0) is 54.2 Å². The van der Waals surface area contributed by atoms with Crippen LogP contribution in [0.25, 0.3) is 0 Å². The highest BCUT2D eigenvalue weighted by Gasteiger charge is 2.50. The van der Waals surface area contributed by atoms with E-state index in [1.807, 2.05) is 55.5 Å². The number of amides is 2. The fourth-order valence-corrected chi connectivity index (χ4v) is 3.90. The number of benzene rings is 1. The monoisotopic (exact) mass is 332 g/mol. The van der Waals surface area contributed by atoms with Gasteiger partial charge < -0.3 is 0 Å². The van der Waals surface area contributed by atoms with Crippen LogP contribution in [0.4, 0.5) is 5.69 Å². The molecule has 3 atom stereocenters. The smallest absolute Gasteiger partial charge is 0.238 e. The summed E-state index contributed by atoms with van der Waals surface area (Å²) < 4.78 is 0. The molecule has 0 bridgehead atoms. The van der Waals surface area contributed by atoms with Gasteiger partial charge in [-0.15, -0.1) is 0 Å². The second kappa shape index (κ2) is 6.28. The molecule has 4 rings (SSSR count). The van der Waals surface area contributed by atoms with Crippen molar-refractivity contribution in [3.8, 4) is 0 Å². The molecule has 0 unspecified atom stereocenters. The number of pyridine rings is 1. The molecule has 0 N–H and O–H groups in total. The minimum atomic E-state index is -0.214. The molecule has 0 saturated carbocycles. The zero-order chi connectivity index (χ0) is 17.4. The van der Waals surface area contributed by atoms with Crippen molar-refractivity contribution >= 4 is 17.5 Å². The molecule has 1 fully saturated rings. The zero-order valence-corrected chi connectivity index (χ0v) is 14.1. The summed E-state index contributed by atoms with van der Waals surface area (Å²) in [4.78, 5) is 30.9. The highest BCUT2D eigenvalue weighted by atomic mass is 16.2. The van der Waals surface area contributed by atoms with Crippen molar-refractivity contribution in [2.45, 2.75) is 19.8 Å². The highest BCUT2D eigenvalue weighted by Crippen LogP contribution is 2.40. The molecule has 25 heavy (non-hydrogen) atoms. The minimum Gasteiger partial charge on any atom is -0.274 e. The molecule has 0 radical (unpaired) electrons. The van der Waals surface area contributed by atoms with Crippen molar-refractivity contribution in [1.29, 1.82) is 0 Å². The van der Waals surface area contributed by atoms with E-state index in [2.05, 4.69) is 4.98 Å². The van der Waals surface area contributed by atoms with Crippen LogP contribution >= 0.6 is 0 Å². The Morgan fingerprint density at radius 1 is 1.00 bits per heavy atom. The molecule has 2 aromatic rings. The van der Waals surface area contributed by atoms with Crippen LogP contribution < -0.4 is 4.90 Å². The maximum absolute atomic E-state index is 12.8. The summed E-state index contributed by atoms with van der Waals surface area (Å²) in [5.41, 5.74) is 3.00. The zero-order valence-electron chi connectivity index (χ0n) is 14.1. The Hall–Kier alpha value is -2.75. The number of rotatable bonds is 3. The molecule has 1 aromatic heterocycles. The first-order valence-electron chi connectivity index (χ1n) is 8.67. The SMILES string of the molecule is C[C@@H]1C=CC[C@@H]2C(=O)N(c3ccc(Cc4ccncc4)cc3)C(=O)[C@@H]12. The van der Waals surface area contributed by atoms with Gasteiger partial charge in [-0.2, -0.15) is 0 Å². The van der Waals surface area contributed by atoms with Crippen LogP contribution in [0.2, 0.25) is 0 Å². The lowest BCUT2D eigenvalue weighted by atomic mass is 9.78. The van der Waals surface area contributed by atoms with Crippen molar-refractivity contribution in [3.05, 3.63) is 72.1 Å². The fourth-order valence-electron chi connectivity index (χ4n) is 3.90. The molecular weight excluding hydrogens is 312 g/mol. The second-order valence-electron chi connectivity index (χ2n) is 6.87. The van der Waals surface area contributed by atoms with E-state index in [1.165, 1.54) is 10.5 Å². The number of nitrogens with zero attached hydrogens (tertiary/aromatic N) is 2. The predicted molar refractivity (Wildman–Crippen MR) is 95.9 cm³/mol. The Morgan fingerprint density at radius 2 is 1.68 bits per heavy atom. The standard InChI is InChI=1S/C21H20N2O2/c1-14-3-2-4-18-19(14)21(25)23(20(18)24)17-7-5-15(6-8-17)13-16-9-11-22-12-10-16/h2-3,5-12,14,18-19H,4,13H2,1H3/t14-,18+,19+/m1/s1. The Labute approximate surface area is 147 Å². The summed E-state index contributed by atoms with van der Waals surface area (Å²) in [6.07, 6.45) is 9.10. The van der Waals surface area contributed by atoms with Crippen molar-refractivity contribution in [2.24, 2.45) is 17.8 Å². The molecule has 126 valence electrons. The largest absolute Gasteiger partial charge is 0.274 e. The maximum atomic E-state index is 12.8. The van der Waals surface area contributed by atoms with Gasteiger partial charge in [0.15, 0.2) is 0 Å². The minimum absolute atomic E-state index is 0.0614. The predicted octanol–water partition coefficient (Wildman–Crippen LogP) is 3.37. The van der Waals surface area contributed by atoms with Crippen LogP contribution in [0, 0.1) is 17.8 Å². The van der Waals surface area contributed by atoms with E-state index in [9.17, 15) is 9.59 Å². The van der Waals surface area contributed by atoms with Gasteiger partial charge in [0.25, 0.3) is 0 Å². The fraction of sp³-hybridized carbons (Fsp3) is 0.286. The average molecular weight is 332 g/mol. The number of carbonyl (C=O) groups excluding carboxylic acids is 2. The van der Waals surface area contributed by atoms with Crippen LogP contribution in [-0.4, -0.2) is 16.8 Å². The number of imide groups is 1. The summed E-state index contributed by atoms with van der Waals surface area (Å²) >= 11 is 0. The Kier molecular flexibility index (Phi) is 3.96. The van der Waals surface area contributed by atoms with E-state index in [1.54, 1.807) is 12.4 Å². The summed E-state index contributed by atoms with van der Waals surface area (Å²) in [6, 6.07) is 11.7. The molecule has 2 amide bonds. The Morgan fingerprint density at radius 3 is 2.36 bits per heavy atom. The normalized spacial score (nSPS) is 25.3. The first-order valence-corrected chi connectivity index (χ1v) is 8.67. The van der Waals surface area contributed by atoms with E-state index in [0.29, 0.717) is 12.1 Å². The van der Waals surface area contributed by atoms with Gasteiger partial charge in [0, 0.05) is 12.4 Å². The average Bonchev–Trinajstić information content (AvgIpc) is 2.89. The van der Waals surface area contributed by atoms with Crippen LogP contribution in [-0.2, 0) is 16.0 Å². The molecule has 2 heterocycles. The van der Waals surface area contributed by atoms with Crippen molar-refractivity contribution in [3.63, 3.8) is 0 Å². The number of hydrogen-bond acceptors (Lipinski definition) is 3. The second-order valence-corrected chi connectivity index (χ2v) is 6.87. The highest BCUT2D eigenvalue weighted by molar-refractivity contribution is 6.22. The third-order valence-corrected chi connectivity index (χ3v) is 5.22. The van der Waals surface area contributed by atoms with Crippen molar-refractivity contribution < 1.29 is 9.59 Å². The van der Waals surface area contributed by atoms with E-state index in [0.717, 1.165) is 12.0 Å². The lowest BCUT2D eigenvalue weighted by Crippen LogP contribution is -2.31. The number of aromatic nitrogens is 1. The van der Waals surface area contributed by atoms with E-state index >= 15 is 0 Å². The van der Waals surface area contributed by atoms with Gasteiger partial charge in [-0.1, -0.05) is 31.2 Å². The van der Waals surface area contributed by atoms with Crippen LogP contribution in [0.3, 0.4) is 0 Å². The van der Waals surface area contributed by atoms with E-state index in [-0.39, 0.29) is 29.6 Å². The third kappa shape index (κ3) is 2.78. The molecule has 2 aliphatic rings. The van der Waals surface area contributed by atoms with E-state index in [4.69, 9.17) is 0 Å². The van der Waals surface area contributed by atoms with Gasteiger partial charge in [0.2, 0.25) is 11.8 Å². The maximum Gasteiger partial charge on any atom is 0.238 e. The first-order chi connectivity index (χ1) is 12.1. The van der Waals surface area contributed by atoms with Crippen LogP contribution in [0.15, 0.2) is 60.9 Å². The molecule has 0 spiro atoms. The lowest BCUT2D eigenvalue weighted by molar-refractivity contribution is -0.122. The Bertz CT molecular complexity index is 827. The number of allylic oxidation sites excluding steroid dienone is 2. The van der Waals surface area contributed by atoms with Gasteiger partial charge in [-0.3, -0.25) is 19.5 Å². The lowest BCUT2D eigenvalue weighted by Gasteiger charge is -2.22. The number of carbonyl (C=O) groups is 2. The number of anilines is 1. The molecular formula is C21H20N2O2. The van der Waals surface area contributed by atoms with Gasteiger partial charge in [-0.25, -0.2) is 0 Å². The summed E-state index contributed by atoms with van der Waals surface area (Å²) in [6.45, 7) is 2.01. The third-order valence-electron chi connectivity index (χ3n) is 5.22. The number of fused-ring (bicyclic) bond motifs is 1. The van der Waals surface area contributed by atoms with Crippen molar-refractivity contribution in [2.75, 3.05) is 4.90 Å². The van der Waals surface area contributed by atoms with Crippen molar-refractivity contribution in [1.82, 2.24) is 4.98 Å².